The van der Waals surface area contributed by atoms with Crippen LogP contribution in [0.25, 0.3) is 0 Å². The highest BCUT2D eigenvalue weighted by molar-refractivity contribution is 8.05. The van der Waals surface area contributed by atoms with Crippen molar-refractivity contribution in [3.05, 3.63) is 18.7 Å². The highest BCUT2D eigenvalue weighted by atomic mass is 32.3. The zero-order chi connectivity index (χ0) is 18.0. The molecule has 0 bridgehead atoms. The Morgan fingerprint density at radius 3 is 1.45 bits per heavy atom. The summed E-state index contributed by atoms with van der Waals surface area (Å²) in [6, 6.07) is 0. The molecule has 7 nitrogen and oxygen atoms in total. The van der Waals surface area contributed by atoms with Gasteiger partial charge in [0.2, 0.25) is 6.33 Å². The lowest BCUT2D eigenvalue weighted by atomic mass is 10.9. The molecule has 130 valence electrons. The minimum Gasteiger partial charge on any atom is -0.240 e. The maximum absolute atomic E-state index is 11.5. The van der Waals surface area contributed by atoms with Gasteiger partial charge >= 0.3 is 31.1 Å². The van der Waals surface area contributed by atoms with Crippen molar-refractivity contribution >= 4 is 20.0 Å². The average Bonchev–Trinajstić information content (AvgIpc) is 2.58. The van der Waals surface area contributed by atoms with Gasteiger partial charge in [-0.25, -0.2) is 26.0 Å². The van der Waals surface area contributed by atoms with E-state index in [4.69, 9.17) is 0 Å². The quantitative estimate of drug-likeness (QED) is 0.585. The maximum Gasteiger partial charge on any atom is 0.512 e. The molecule has 0 aliphatic heterocycles. The molecular formula is C7H10F6N3O4S2+. The van der Waals surface area contributed by atoms with Gasteiger partial charge in [0.1, 0.15) is 12.4 Å². The van der Waals surface area contributed by atoms with E-state index in [1.807, 2.05) is 42.0 Å². The second-order valence-corrected chi connectivity index (χ2v) is 7.33. The molecule has 1 N–H and O–H groups in total. The molecule has 0 aliphatic rings. The third-order valence-electron chi connectivity index (χ3n) is 1.73. The van der Waals surface area contributed by atoms with Gasteiger partial charge in [0, 0.05) is 0 Å². The number of halogens is 6. The van der Waals surface area contributed by atoms with Gasteiger partial charge in [-0.15, -0.1) is 0 Å². The van der Waals surface area contributed by atoms with Gasteiger partial charge in [0.25, 0.3) is 0 Å². The lowest BCUT2D eigenvalue weighted by Crippen LogP contribution is -2.45. The number of hydrogen-bond acceptors (Lipinski definition) is 4. The van der Waals surface area contributed by atoms with Gasteiger partial charge in [-0.05, 0) is 0 Å². The molecule has 0 saturated heterocycles. The molecule has 0 aromatic carbocycles. The van der Waals surface area contributed by atoms with Crippen molar-refractivity contribution in [2.75, 3.05) is 0 Å². The van der Waals surface area contributed by atoms with E-state index in [0.717, 1.165) is 0 Å². The fraction of sp³-hybridized carbons (Fsp3) is 0.571. The largest absolute Gasteiger partial charge is 0.512 e. The van der Waals surface area contributed by atoms with Crippen molar-refractivity contribution < 1.29 is 47.7 Å². The van der Waals surface area contributed by atoms with E-state index in [-0.39, 0.29) is 0 Å². The molecule has 0 spiro atoms. The first-order valence-corrected chi connectivity index (χ1v) is 7.84. The van der Waals surface area contributed by atoms with Crippen molar-refractivity contribution in [3.8, 4) is 0 Å². The van der Waals surface area contributed by atoms with E-state index in [1.165, 1.54) is 0 Å². The fourth-order valence-electron chi connectivity index (χ4n) is 0.814. The Morgan fingerprint density at radius 1 is 0.955 bits per heavy atom. The van der Waals surface area contributed by atoms with E-state index >= 15 is 0 Å². The van der Waals surface area contributed by atoms with Crippen LogP contribution < -0.4 is 8.69 Å². The summed E-state index contributed by atoms with van der Waals surface area (Å²) in [5.41, 5.74) is -12.3. The summed E-state index contributed by atoms with van der Waals surface area (Å²) in [6.07, 6.45) is 6.00. The summed E-state index contributed by atoms with van der Waals surface area (Å²) >= 11 is 0. The third kappa shape index (κ3) is 5.80. The Hall–Kier alpha value is -1.35. The number of rotatable bonds is 2. The van der Waals surface area contributed by atoms with E-state index in [9.17, 15) is 43.2 Å². The zero-order valence-electron chi connectivity index (χ0n) is 10.8. The van der Waals surface area contributed by atoms with Crippen LogP contribution in [0, 0.1) is 0 Å². The van der Waals surface area contributed by atoms with E-state index in [0.29, 0.717) is 0 Å². The predicted octanol–water partition coefficient (Wildman–Crippen LogP) is 0.125. The van der Waals surface area contributed by atoms with Gasteiger partial charge in [0.05, 0.1) is 14.1 Å². The van der Waals surface area contributed by atoms with Crippen LogP contribution in [-0.2, 0) is 34.1 Å². The number of imidazole rings is 1. The van der Waals surface area contributed by atoms with Crippen LogP contribution in [0.5, 0.6) is 0 Å². The Balaban J connectivity index is 0.000000518. The third-order valence-corrected chi connectivity index (χ3v) is 4.70. The average molecular weight is 378 g/mol. The second-order valence-electron chi connectivity index (χ2n) is 3.73. The number of sulfonamides is 2. The molecule has 22 heavy (non-hydrogen) atoms. The van der Waals surface area contributed by atoms with Crippen molar-refractivity contribution in [2.24, 2.45) is 14.1 Å². The summed E-state index contributed by atoms with van der Waals surface area (Å²) in [5, 5.41) is 0. The molecule has 0 radical (unpaired) electrons. The lowest BCUT2D eigenvalue weighted by Gasteiger charge is -2.11. The van der Waals surface area contributed by atoms with Gasteiger partial charge in [-0.1, -0.05) is 4.13 Å². The second kappa shape index (κ2) is 6.41. The Bertz CT molecular complexity index is 645. The standard InChI is InChI=1S/C5H9N2.C2HF6NO4S2/c1-6-3-4-7(2)5-6;3-1(4,5)14(10,11)9-15(12,13)2(6,7)8/h3-5H,1-2H3;9H/q+1;. The molecule has 0 aliphatic carbocycles. The number of nitrogens with zero attached hydrogens (tertiary/aromatic N) is 2. The maximum atomic E-state index is 11.5. The minimum absolute atomic E-state index is 0.493. The normalized spacial score (nSPS) is 13.5. The number of nitrogens with one attached hydrogen (secondary N) is 1. The van der Waals surface area contributed by atoms with Crippen LogP contribution >= 0.6 is 0 Å². The van der Waals surface area contributed by atoms with Crippen LogP contribution in [0.15, 0.2) is 18.7 Å². The summed E-state index contributed by atoms with van der Waals surface area (Å²) < 4.78 is 112. The van der Waals surface area contributed by atoms with E-state index in [1.54, 1.807) is 0 Å². The van der Waals surface area contributed by atoms with Gasteiger partial charge < -0.3 is 0 Å². The first kappa shape index (κ1) is 20.6. The molecule has 0 fully saturated rings. The molecule has 0 atom stereocenters. The molecule has 1 aromatic heterocycles. The molecule has 1 heterocycles. The van der Waals surface area contributed by atoms with Gasteiger partial charge in [-0.3, -0.25) is 0 Å². The SMILES string of the molecule is Cn1cc[n+](C)c1.O=S(=O)(NS(=O)(=O)C(F)(F)F)C(F)(F)F. The lowest BCUT2D eigenvalue weighted by molar-refractivity contribution is -0.670. The van der Waals surface area contributed by atoms with E-state index in [2.05, 4.69) is 0 Å². The van der Waals surface area contributed by atoms with Crippen molar-refractivity contribution in [2.45, 2.75) is 11.0 Å². The van der Waals surface area contributed by atoms with Crippen LogP contribution in [0.2, 0.25) is 0 Å². The molecule has 1 aromatic rings. The summed E-state index contributed by atoms with van der Waals surface area (Å²) in [6.45, 7) is 0. The molecule has 0 unspecified atom stereocenters. The van der Waals surface area contributed by atoms with E-state index < -0.39 is 35.2 Å². The predicted molar refractivity (Wildman–Crippen MR) is 59.7 cm³/mol. The summed E-state index contributed by atoms with van der Waals surface area (Å²) in [4.78, 5) is 0. The van der Waals surface area contributed by atoms with Gasteiger partial charge in [0.15, 0.2) is 0 Å². The number of alkyl halides is 6. The number of aromatic nitrogens is 2. The molecule has 1 rings (SSSR count). The van der Waals surface area contributed by atoms with Crippen molar-refractivity contribution in [3.63, 3.8) is 0 Å². The van der Waals surface area contributed by atoms with Crippen LogP contribution in [0.4, 0.5) is 26.3 Å². The topological polar surface area (TPSA) is 89.1 Å². The Morgan fingerprint density at radius 2 is 1.32 bits per heavy atom. The minimum atomic E-state index is -6.60. The first-order chi connectivity index (χ1) is 9.49. The zero-order valence-corrected chi connectivity index (χ0v) is 12.5. The number of aryl methyl sites for hydroxylation is 2. The molecule has 15 heteroatoms. The highest BCUT2D eigenvalue weighted by Gasteiger charge is 2.55. The highest BCUT2D eigenvalue weighted by Crippen LogP contribution is 2.27. The van der Waals surface area contributed by atoms with Crippen molar-refractivity contribution in [1.82, 2.24) is 8.69 Å². The Kier molecular flexibility index (Phi) is 6.02. The van der Waals surface area contributed by atoms with Crippen LogP contribution in [-0.4, -0.2) is 32.4 Å². The van der Waals surface area contributed by atoms with Gasteiger partial charge in [-0.2, -0.15) is 26.3 Å². The Labute approximate surface area is 121 Å². The van der Waals surface area contributed by atoms with Crippen LogP contribution in [0.1, 0.15) is 0 Å². The van der Waals surface area contributed by atoms with Crippen molar-refractivity contribution in [1.29, 1.82) is 0 Å². The van der Waals surface area contributed by atoms with Crippen LogP contribution in [0.3, 0.4) is 0 Å². The smallest absolute Gasteiger partial charge is 0.240 e. The fourth-order valence-corrected chi connectivity index (χ4v) is 2.72. The molecule has 0 saturated carbocycles. The number of hydrogen-bond donors (Lipinski definition) is 1. The monoisotopic (exact) mass is 378 g/mol. The summed E-state index contributed by atoms with van der Waals surface area (Å²) in [5.74, 6) is 0. The first-order valence-electron chi connectivity index (χ1n) is 4.88. The summed E-state index contributed by atoms with van der Waals surface area (Å²) in [7, 11) is -9.19. The molecular weight excluding hydrogens is 368 g/mol. The molecule has 0 amide bonds.